The van der Waals surface area contributed by atoms with Crippen LogP contribution in [0.2, 0.25) is 5.02 Å². The highest BCUT2D eigenvalue weighted by Crippen LogP contribution is 2.27. The predicted molar refractivity (Wildman–Crippen MR) is 76.9 cm³/mol. The fourth-order valence-corrected chi connectivity index (χ4v) is 3.09. The summed E-state index contributed by atoms with van der Waals surface area (Å²) >= 11 is 5.97. The molecule has 112 valence electrons. The van der Waals surface area contributed by atoms with Crippen LogP contribution >= 0.6 is 11.6 Å². The molecule has 1 heterocycles. The number of aliphatic carboxylic acids is 1. The van der Waals surface area contributed by atoms with Gasteiger partial charge in [0.1, 0.15) is 11.4 Å². The van der Waals surface area contributed by atoms with Crippen molar-refractivity contribution < 1.29 is 18.3 Å². The number of carboxylic acid groups (broad SMARTS) is 1. The van der Waals surface area contributed by atoms with E-state index in [-0.39, 0.29) is 15.6 Å². The lowest BCUT2D eigenvalue weighted by atomic mass is 10.2. The van der Waals surface area contributed by atoms with Crippen LogP contribution in [0.5, 0.6) is 0 Å². The van der Waals surface area contributed by atoms with Crippen molar-refractivity contribution in [3.05, 3.63) is 41.2 Å². The number of para-hydroxylation sites is 1. The highest BCUT2D eigenvalue weighted by Gasteiger charge is 2.19. The Hall–Kier alpha value is -2.06. The van der Waals surface area contributed by atoms with Crippen molar-refractivity contribution in [2.24, 2.45) is 0 Å². The average Bonchev–Trinajstić information content (AvgIpc) is 2.82. The number of nitrogens with one attached hydrogen (secondary N) is 1. The van der Waals surface area contributed by atoms with Gasteiger partial charge in [0.15, 0.2) is 0 Å². The maximum Gasteiger partial charge on any atom is 0.325 e. The molecule has 2 aromatic rings. The Morgan fingerprint density at radius 3 is 2.81 bits per heavy atom. The van der Waals surface area contributed by atoms with Gasteiger partial charge in [-0.1, -0.05) is 23.7 Å². The van der Waals surface area contributed by atoms with E-state index in [0.717, 1.165) is 17.1 Å². The van der Waals surface area contributed by atoms with Gasteiger partial charge >= 0.3 is 5.97 Å². The van der Waals surface area contributed by atoms with Crippen molar-refractivity contribution in [2.75, 3.05) is 4.72 Å². The summed E-state index contributed by atoms with van der Waals surface area (Å²) in [7, 11) is -3.88. The molecular weight excluding hydrogens is 318 g/mol. The number of carbonyl (C=O) groups is 1. The monoisotopic (exact) mass is 329 g/mol. The Bertz CT molecular complexity index is 765. The standard InChI is InChI=1S/C12H12ClN3O4S/c1-8-3-2-4-10(13)12(8)15-21(19,20)9-5-14-16(6-9)7-11(17)18/h2-6,15H,7H2,1H3,(H,17,18). The van der Waals surface area contributed by atoms with Gasteiger partial charge in [-0.05, 0) is 18.6 Å². The quantitative estimate of drug-likeness (QED) is 0.869. The fraction of sp³-hybridized carbons (Fsp3) is 0.167. The van der Waals surface area contributed by atoms with Crippen LogP contribution in [-0.4, -0.2) is 29.3 Å². The molecule has 0 saturated carbocycles. The SMILES string of the molecule is Cc1cccc(Cl)c1NS(=O)(=O)c1cnn(CC(=O)O)c1. The first-order chi connectivity index (χ1) is 9.79. The van der Waals surface area contributed by atoms with E-state index < -0.39 is 22.5 Å². The lowest BCUT2D eigenvalue weighted by Gasteiger charge is -2.10. The molecule has 7 nitrogen and oxygen atoms in total. The zero-order valence-corrected chi connectivity index (χ0v) is 12.5. The normalized spacial score (nSPS) is 11.3. The van der Waals surface area contributed by atoms with E-state index in [4.69, 9.17) is 16.7 Å². The number of aryl methyl sites for hydroxylation is 1. The van der Waals surface area contributed by atoms with Crippen molar-refractivity contribution in [2.45, 2.75) is 18.4 Å². The molecule has 1 aromatic heterocycles. The van der Waals surface area contributed by atoms with Crippen LogP contribution in [0.4, 0.5) is 5.69 Å². The molecule has 0 unspecified atom stereocenters. The van der Waals surface area contributed by atoms with Gasteiger partial charge in [-0.3, -0.25) is 14.2 Å². The third kappa shape index (κ3) is 3.53. The van der Waals surface area contributed by atoms with Crippen molar-refractivity contribution >= 4 is 33.3 Å². The predicted octanol–water partition coefficient (Wildman–Crippen LogP) is 1.73. The van der Waals surface area contributed by atoms with Gasteiger partial charge in [0, 0.05) is 6.20 Å². The minimum atomic E-state index is -3.88. The van der Waals surface area contributed by atoms with Crippen LogP contribution in [0.3, 0.4) is 0 Å². The second-order valence-corrected chi connectivity index (χ2v) is 6.39. The van der Waals surface area contributed by atoms with Gasteiger partial charge in [-0.15, -0.1) is 0 Å². The van der Waals surface area contributed by atoms with E-state index in [1.807, 2.05) is 0 Å². The van der Waals surface area contributed by atoms with Crippen LogP contribution in [-0.2, 0) is 21.4 Å². The number of rotatable bonds is 5. The van der Waals surface area contributed by atoms with E-state index in [9.17, 15) is 13.2 Å². The average molecular weight is 330 g/mol. The second kappa shape index (κ2) is 5.74. The van der Waals surface area contributed by atoms with Crippen molar-refractivity contribution in [3.8, 4) is 0 Å². The fourth-order valence-electron chi connectivity index (χ4n) is 1.66. The Morgan fingerprint density at radius 1 is 1.48 bits per heavy atom. The first-order valence-corrected chi connectivity index (χ1v) is 7.68. The summed E-state index contributed by atoms with van der Waals surface area (Å²) in [4.78, 5) is 10.4. The number of benzene rings is 1. The van der Waals surface area contributed by atoms with E-state index >= 15 is 0 Å². The number of hydrogen-bond acceptors (Lipinski definition) is 4. The third-order valence-electron chi connectivity index (χ3n) is 2.68. The van der Waals surface area contributed by atoms with Crippen LogP contribution in [0.25, 0.3) is 0 Å². The van der Waals surface area contributed by atoms with Crippen molar-refractivity contribution in [3.63, 3.8) is 0 Å². The lowest BCUT2D eigenvalue weighted by Crippen LogP contribution is -2.14. The van der Waals surface area contributed by atoms with Gasteiger partial charge < -0.3 is 5.11 Å². The van der Waals surface area contributed by atoms with E-state index in [1.54, 1.807) is 25.1 Å². The molecule has 0 radical (unpaired) electrons. The maximum absolute atomic E-state index is 12.2. The third-order valence-corrected chi connectivity index (χ3v) is 4.29. The van der Waals surface area contributed by atoms with Crippen LogP contribution in [0.15, 0.2) is 35.5 Å². The Balaban J connectivity index is 2.30. The molecule has 0 spiro atoms. The molecule has 1 aromatic carbocycles. The highest BCUT2D eigenvalue weighted by molar-refractivity contribution is 7.92. The molecule has 0 saturated heterocycles. The van der Waals surface area contributed by atoms with Crippen LogP contribution in [0.1, 0.15) is 5.56 Å². The van der Waals surface area contributed by atoms with Gasteiger partial charge in [0.25, 0.3) is 10.0 Å². The number of halogens is 1. The molecule has 0 atom stereocenters. The minimum absolute atomic E-state index is 0.136. The number of nitrogens with zero attached hydrogens (tertiary/aromatic N) is 2. The minimum Gasteiger partial charge on any atom is -0.480 e. The first kappa shape index (κ1) is 15.3. The summed E-state index contributed by atoms with van der Waals surface area (Å²) in [6.45, 7) is 1.30. The van der Waals surface area contributed by atoms with E-state index in [2.05, 4.69) is 9.82 Å². The summed E-state index contributed by atoms with van der Waals surface area (Å²) in [5.74, 6) is -1.11. The lowest BCUT2D eigenvalue weighted by molar-refractivity contribution is -0.137. The molecule has 21 heavy (non-hydrogen) atoms. The van der Waals surface area contributed by atoms with Crippen molar-refractivity contribution in [1.29, 1.82) is 0 Å². The first-order valence-electron chi connectivity index (χ1n) is 5.82. The van der Waals surface area contributed by atoms with E-state index in [0.29, 0.717) is 5.56 Å². The topological polar surface area (TPSA) is 101 Å². The van der Waals surface area contributed by atoms with E-state index in [1.165, 1.54) is 0 Å². The van der Waals surface area contributed by atoms with Gasteiger partial charge in [0.2, 0.25) is 0 Å². The number of sulfonamides is 1. The van der Waals surface area contributed by atoms with Gasteiger partial charge in [0.05, 0.1) is 16.9 Å². The smallest absolute Gasteiger partial charge is 0.325 e. The number of aromatic nitrogens is 2. The Labute approximate surface area is 126 Å². The molecule has 0 aliphatic carbocycles. The molecular formula is C12H12ClN3O4S. The number of hydrogen-bond donors (Lipinski definition) is 2. The molecule has 0 aliphatic heterocycles. The molecule has 9 heteroatoms. The summed E-state index contributed by atoms with van der Waals surface area (Å²) in [6, 6.07) is 5.00. The Morgan fingerprint density at radius 2 is 2.19 bits per heavy atom. The van der Waals surface area contributed by atoms with Gasteiger partial charge in [-0.25, -0.2) is 8.42 Å². The van der Waals surface area contributed by atoms with Crippen LogP contribution in [0, 0.1) is 6.92 Å². The Kier molecular flexibility index (Phi) is 4.19. The summed E-state index contributed by atoms with van der Waals surface area (Å²) in [6.07, 6.45) is 2.22. The molecule has 0 aliphatic rings. The zero-order chi connectivity index (χ0) is 15.6. The highest BCUT2D eigenvalue weighted by atomic mass is 35.5. The van der Waals surface area contributed by atoms with Crippen molar-refractivity contribution in [1.82, 2.24) is 9.78 Å². The van der Waals surface area contributed by atoms with Gasteiger partial charge in [-0.2, -0.15) is 5.10 Å². The summed E-state index contributed by atoms with van der Waals surface area (Å²) in [5, 5.41) is 12.6. The molecule has 2 N–H and O–H groups in total. The molecule has 2 rings (SSSR count). The second-order valence-electron chi connectivity index (χ2n) is 4.30. The molecule has 0 bridgehead atoms. The maximum atomic E-state index is 12.2. The zero-order valence-electron chi connectivity index (χ0n) is 10.9. The number of anilines is 1. The van der Waals surface area contributed by atoms with Crippen LogP contribution < -0.4 is 4.72 Å². The summed E-state index contributed by atoms with van der Waals surface area (Å²) < 4.78 is 27.9. The largest absolute Gasteiger partial charge is 0.480 e. The summed E-state index contributed by atoms with van der Waals surface area (Å²) in [5.41, 5.74) is 0.953. The molecule has 0 amide bonds. The number of carboxylic acids is 1. The molecule has 0 fully saturated rings.